The first-order valence-electron chi connectivity index (χ1n) is 7.52. The van der Waals surface area contributed by atoms with E-state index >= 15 is 0 Å². The highest BCUT2D eigenvalue weighted by Gasteiger charge is 2.11. The molecule has 0 saturated carbocycles. The van der Waals surface area contributed by atoms with Gasteiger partial charge in [0.2, 0.25) is 11.9 Å². The van der Waals surface area contributed by atoms with Gasteiger partial charge >= 0.3 is 5.97 Å². The third kappa shape index (κ3) is 4.47. The van der Waals surface area contributed by atoms with Crippen LogP contribution in [0.1, 0.15) is 21.9 Å². The number of hydrogen-bond donors (Lipinski definition) is 2. The standard InChI is InChI=1S/C17H16N6O2/c1-11-5-7-12(8-6-11)20-17-22-14(21-16(18)23-17)10-25-15(24)13-4-2-3-9-19-13/h2-9H,10H2,1H3,(H3,18,20,21,22,23). The Kier molecular flexibility index (Phi) is 4.79. The quantitative estimate of drug-likeness (QED) is 0.682. The summed E-state index contributed by atoms with van der Waals surface area (Å²) in [6.07, 6.45) is 1.51. The molecule has 0 bridgehead atoms. The predicted molar refractivity (Wildman–Crippen MR) is 92.1 cm³/mol. The van der Waals surface area contributed by atoms with Crippen molar-refractivity contribution in [2.75, 3.05) is 11.1 Å². The van der Waals surface area contributed by atoms with Crippen LogP contribution >= 0.6 is 0 Å². The summed E-state index contributed by atoms with van der Waals surface area (Å²) in [7, 11) is 0. The molecule has 0 saturated heterocycles. The molecule has 0 aliphatic heterocycles. The Balaban J connectivity index is 1.69. The van der Waals surface area contributed by atoms with Gasteiger partial charge in [-0.1, -0.05) is 23.8 Å². The molecule has 25 heavy (non-hydrogen) atoms. The van der Waals surface area contributed by atoms with Gasteiger partial charge in [0.05, 0.1) is 0 Å². The van der Waals surface area contributed by atoms with Gasteiger partial charge in [0.25, 0.3) is 0 Å². The van der Waals surface area contributed by atoms with Crippen LogP contribution in [0.25, 0.3) is 0 Å². The van der Waals surface area contributed by atoms with E-state index < -0.39 is 5.97 Å². The van der Waals surface area contributed by atoms with Gasteiger partial charge in [0.1, 0.15) is 5.69 Å². The fourth-order valence-electron chi connectivity index (χ4n) is 2.01. The zero-order valence-corrected chi connectivity index (χ0v) is 13.5. The normalized spacial score (nSPS) is 10.3. The molecule has 2 aromatic heterocycles. The van der Waals surface area contributed by atoms with Crippen molar-refractivity contribution in [1.82, 2.24) is 19.9 Å². The van der Waals surface area contributed by atoms with Crippen LogP contribution in [0.4, 0.5) is 17.6 Å². The third-order valence-corrected chi connectivity index (χ3v) is 3.21. The lowest BCUT2D eigenvalue weighted by Crippen LogP contribution is -2.12. The number of nitrogen functional groups attached to an aromatic ring is 1. The van der Waals surface area contributed by atoms with Crippen molar-refractivity contribution in [1.29, 1.82) is 0 Å². The predicted octanol–water partition coefficient (Wildman–Crippen LogP) is 2.26. The molecular formula is C17H16N6O2. The van der Waals surface area contributed by atoms with Crippen molar-refractivity contribution in [3.63, 3.8) is 0 Å². The van der Waals surface area contributed by atoms with Gasteiger partial charge in [-0.05, 0) is 31.2 Å². The van der Waals surface area contributed by atoms with Crippen LogP contribution in [-0.2, 0) is 11.3 Å². The van der Waals surface area contributed by atoms with Crippen molar-refractivity contribution < 1.29 is 9.53 Å². The molecule has 126 valence electrons. The number of rotatable bonds is 5. The second-order valence-electron chi connectivity index (χ2n) is 5.22. The number of ether oxygens (including phenoxy) is 1. The van der Waals surface area contributed by atoms with Crippen LogP contribution in [0.2, 0.25) is 0 Å². The van der Waals surface area contributed by atoms with Crippen molar-refractivity contribution in [2.45, 2.75) is 13.5 Å². The fourth-order valence-corrected chi connectivity index (χ4v) is 2.01. The monoisotopic (exact) mass is 336 g/mol. The zero-order chi connectivity index (χ0) is 17.6. The summed E-state index contributed by atoms with van der Waals surface area (Å²) in [4.78, 5) is 28.0. The van der Waals surface area contributed by atoms with Gasteiger partial charge < -0.3 is 15.8 Å². The summed E-state index contributed by atoms with van der Waals surface area (Å²) in [5, 5.41) is 3.04. The highest BCUT2D eigenvalue weighted by atomic mass is 16.5. The number of carbonyl (C=O) groups is 1. The maximum atomic E-state index is 11.9. The van der Waals surface area contributed by atoms with Crippen LogP contribution < -0.4 is 11.1 Å². The molecule has 1 aromatic carbocycles. The Bertz CT molecular complexity index is 868. The fraction of sp³-hybridized carbons (Fsp3) is 0.118. The molecule has 0 aliphatic carbocycles. The number of nitrogens with two attached hydrogens (primary N) is 1. The van der Waals surface area contributed by atoms with Gasteiger partial charge in [0.15, 0.2) is 12.4 Å². The van der Waals surface area contributed by atoms with Crippen molar-refractivity contribution in [2.24, 2.45) is 0 Å². The molecular weight excluding hydrogens is 320 g/mol. The molecule has 0 aliphatic rings. The van der Waals surface area contributed by atoms with E-state index in [-0.39, 0.29) is 30.0 Å². The maximum Gasteiger partial charge on any atom is 0.357 e. The molecule has 0 spiro atoms. The Morgan fingerprint density at radius 2 is 1.92 bits per heavy atom. The minimum atomic E-state index is -0.562. The number of nitrogens with zero attached hydrogens (tertiary/aromatic N) is 4. The first kappa shape index (κ1) is 16.3. The molecule has 3 N–H and O–H groups in total. The number of benzene rings is 1. The number of esters is 1. The highest BCUT2D eigenvalue weighted by Crippen LogP contribution is 2.14. The van der Waals surface area contributed by atoms with Gasteiger partial charge in [-0.15, -0.1) is 0 Å². The van der Waals surface area contributed by atoms with E-state index in [4.69, 9.17) is 10.5 Å². The van der Waals surface area contributed by atoms with E-state index in [9.17, 15) is 4.79 Å². The second kappa shape index (κ2) is 7.35. The average Bonchev–Trinajstić information content (AvgIpc) is 2.62. The number of pyridine rings is 1. The molecule has 8 nitrogen and oxygen atoms in total. The molecule has 2 heterocycles. The number of anilines is 3. The van der Waals surface area contributed by atoms with E-state index in [1.807, 2.05) is 31.2 Å². The van der Waals surface area contributed by atoms with Crippen molar-refractivity contribution >= 4 is 23.6 Å². The van der Waals surface area contributed by atoms with E-state index in [0.29, 0.717) is 0 Å². The summed E-state index contributed by atoms with van der Waals surface area (Å²) < 4.78 is 5.15. The largest absolute Gasteiger partial charge is 0.453 e. The lowest BCUT2D eigenvalue weighted by atomic mass is 10.2. The number of carbonyl (C=O) groups excluding carboxylic acids is 1. The van der Waals surface area contributed by atoms with Crippen molar-refractivity contribution in [3.8, 4) is 0 Å². The summed E-state index contributed by atoms with van der Waals surface area (Å²) in [6, 6.07) is 12.7. The molecule has 3 rings (SSSR count). The molecule has 0 atom stereocenters. The summed E-state index contributed by atoms with van der Waals surface area (Å²) in [6.45, 7) is 1.86. The summed E-state index contributed by atoms with van der Waals surface area (Å²) in [5.41, 5.74) is 7.86. The minimum absolute atomic E-state index is 0.0356. The van der Waals surface area contributed by atoms with Crippen LogP contribution in [0.3, 0.4) is 0 Å². The average molecular weight is 336 g/mol. The first-order chi connectivity index (χ1) is 12.1. The number of aryl methyl sites for hydroxylation is 1. The highest BCUT2D eigenvalue weighted by molar-refractivity contribution is 5.87. The SMILES string of the molecule is Cc1ccc(Nc2nc(N)nc(COC(=O)c3ccccn3)n2)cc1. The molecule has 0 unspecified atom stereocenters. The Morgan fingerprint density at radius 1 is 1.12 bits per heavy atom. The molecule has 0 fully saturated rings. The Hall–Kier alpha value is -3.55. The molecule has 0 radical (unpaired) electrons. The van der Waals surface area contributed by atoms with Crippen LogP contribution in [0.5, 0.6) is 0 Å². The van der Waals surface area contributed by atoms with Crippen molar-refractivity contribution in [3.05, 3.63) is 65.7 Å². The molecule has 0 amide bonds. The lowest BCUT2D eigenvalue weighted by Gasteiger charge is -2.08. The van der Waals surface area contributed by atoms with Gasteiger partial charge in [0, 0.05) is 11.9 Å². The lowest BCUT2D eigenvalue weighted by molar-refractivity contribution is 0.0455. The van der Waals surface area contributed by atoms with Gasteiger partial charge in [-0.25, -0.2) is 9.78 Å². The Labute approximate surface area is 144 Å². The Morgan fingerprint density at radius 3 is 2.64 bits per heavy atom. The summed E-state index contributed by atoms with van der Waals surface area (Å²) >= 11 is 0. The summed E-state index contributed by atoms with van der Waals surface area (Å²) in [5.74, 6) is -0.00671. The van der Waals surface area contributed by atoms with Gasteiger partial charge in [-0.3, -0.25) is 0 Å². The van der Waals surface area contributed by atoms with E-state index in [1.165, 1.54) is 6.20 Å². The number of hydrogen-bond acceptors (Lipinski definition) is 8. The smallest absolute Gasteiger partial charge is 0.357 e. The topological polar surface area (TPSA) is 116 Å². The van der Waals surface area contributed by atoms with Crippen LogP contribution in [0.15, 0.2) is 48.7 Å². The first-order valence-corrected chi connectivity index (χ1v) is 7.52. The van der Waals surface area contributed by atoms with Crippen LogP contribution in [0, 0.1) is 6.92 Å². The van der Waals surface area contributed by atoms with Gasteiger partial charge in [-0.2, -0.15) is 15.0 Å². The van der Waals surface area contributed by atoms with E-state index in [2.05, 4.69) is 25.3 Å². The van der Waals surface area contributed by atoms with Crippen LogP contribution in [-0.4, -0.2) is 25.9 Å². The molecule has 3 aromatic rings. The minimum Gasteiger partial charge on any atom is -0.453 e. The van der Waals surface area contributed by atoms with E-state index in [0.717, 1.165) is 11.3 Å². The number of nitrogens with one attached hydrogen (secondary N) is 1. The second-order valence-corrected chi connectivity index (χ2v) is 5.22. The molecule has 8 heteroatoms. The zero-order valence-electron chi connectivity index (χ0n) is 13.5. The third-order valence-electron chi connectivity index (χ3n) is 3.21. The number of aromatic nitrogens is 4. The maximum absolute atomic E-state index is 11.9. The van der Waals surface area contributed by atoms with E-state index in [1.54, 1.807) is 18.2 Å².